The van der Waals surface area contributed by atoms with Crippen LogP contribution in [-0.4, -0.2) is 37.0 Å². The Bertz CT molecular complexity index is 499. The first-order valence-electron chi connectivity index (χ1n) is 6.97. The van der Waals surface area contributed by atoms with Crippen LogP contribution in [0.2, 0.25) is 0 Å². The van der Waals surface area contributed by atoms with Gasteiger partial charge in [0.1, 0.15) is 12.2 Å². The average Bonchev–Trinajstić information content (AvgIpc) is 2.42. The Kier molecular flexibility index (Phi) is 4.57. The van der Waals surface area contributed by atoms with Gasteiger partial charge in [-0.3, -0.25) is 0 Å². The summed E-state index contributed by atoms with van der Waals surface area (Å²) in [4.78, 5) is 11.8. The third kappa shape index (κ3) is 4.26. The number of carbonyl (C=O) groups is 1. The highest BCUT2D eigenvalue weighted by Crippen LogP contribution is 2.31. The molecule has 21 heavy (non-hydrogen) atoms. The molecule has 6 nitrogen and oxygen atoms in total. The van der Waals surface area contributed by atoms with Gasteiger partial charge in [-0.1, -0.05) is 12.1 Å². The number of alkyl carbamates (subject to hydrolysis) is 1. The molecule has 0 aromatic heterocycles. The molecule has 116 valence electrons. The van der Waals surface area contributed by atoms with Crippen LogP contribution in [-0.2, 0) is 4.74 Å². The number of benzene rings is 1. The number of nitrogens with two attached hydrogens (primary N) is 1. The summed E-state index contributed by atoms with van der Waals surface area (Å²) in [6.07, 6.45) is -0.863. The van der Waals surface area contributed by atoms with Crippen molar-refractivity contribution in [1.82, 2.24) is 5.32 Å². The predicted molar refractivity (Wildman–Crippen MR) is 78.6 cm³/mol. The van der Waals surface area contributed by atoms with Crippen molar-refractivity contribution in [1.29, 1.82) is 0 Å². The number of nitrogens with one attached hydrogen (secondary N) is 1. The first-order valence-corrected chi connectivity index (χ1v) is 6.97. The molecule has 0 bridgehead atoms. The van der Waals surface area contributed by atoms with Crippen LogP contribution in [0.15, 0.2) is 24.3 Å². The monoisotopic (exact) mass is 294 g/mol. The van der Waals surface area contributed by atoms with Gasteiger partial charge >= 0.3 is 6.09 Å². The first kappa shape index (κ1) is 15.4. The second kappa shape index (κ2) is 6.22. The Morgan fingerprint density at radius 1 is 1.43 bits per heavy atom. The lowest BCUT2D eigenvalue weighted by atomic mass is 10.1. The van der Waals surface area contributed by atoms with Gasteiger partial charge in [0.05, 0.1) is 6.04 Å². The molecule has 0 spiro atoms. The van der Waals surface area contributed by atoms with Crippen molar-refractivity contribution < 1.29 is 19.0 Å². The van der Waals surface area contributed by atoms with Crippen LogP contribution in [0.5, 0.6) is 11.5 Å². The highest BCUT2D eigenvalue weighted by atomic mass is 16.6. The van der Waals surface area contributed by atoms with Crippen molar-refractivity contribution in [2.45, 2.75) is 38.5 Å². The van der Waals surface area contributed by atoms with E-state index in [1.807, 2.05) is 24.3 Å². The van der Waals surface area contributed by atoms with Crippen molar-refractivity contribution in [3.05, 3.63) is 24.3 Å². The van der Waals surface area contributed by atoms with Gasteiger partial charge in [0, 0.05) is 6.54 Å². The van der Waals surface area contributed by atoms with E-state index in [0.29, 0.717) is 18.1 Å². The van der Waals surface area contributed by atoms with Crippen LogP contribution < -0.4 is 20.5 Å². The number of hydrogen-bond donors (Lipinski definition) is 2. The molecule has 0 saturated carbocycles. The molecule has 2 rings (SSSR count). The fourth-order valence-corrected chi connectivity index (χ4v) is 2.00. The molecule has 3 N–H and O–H groups in total. The standard InChI is InChI=1S/C15H22N2O4/c1-15(2,3)21-14(18)17-10(8-16)13-9-19-11-6-4-5-7-12(11)20-13/h4-7,10,13H,8-9,16H2,1-3H3,(H,17,18). The third-order valence-electron chi connectivity index (χ3n) is 2.94. The van der Waals surface area contributed by atoms with Crippen LogP contribution in [0, 0.1) is 0 Å². The van der Waals surface area contributed by atoms with E-state index < -0.39 is 11.7 Å². The van der Waals surface area contributed by atoms with E-state index in [1.54, 1.807) is 20.8 Å². The van der Waals surface area contributed by atoms with E-state index in [0.717, 1.165) is 0 Å². The minimum atomic E-state index is -0.556. The second-order valence-electron chi connectivity index (χ2n) is 5.90. The zero-order valence-electron chi connectivity index (χ0n) is 12.6. The molecule has 0 fully saturated rings. The minimum Gasteiger partial charge on any atom is -0.486 e. The van der Waals surface area contributed by atoms with E-state index in [9.17, 15) is 4.79 Å². The maximum atomic E-state index is 11.8. The molecule has 0 aliphatic carbocycles. The van der Waals surface area contributed by atoms with Crippen LogP contribution >= 0.6 is 0 Å². The number of amides is 1. The molecule has 2 atom stereocenters. The van der Waals surface area contributed by atoms with Gasteiger partial charge in [0.15, 0.2) is 17.6 Å². The summed E-state index contributed by atoms with van der Waals surface area (Å²) in [7, 11) is 0. The highest BCUT2D eigenvalue weighted by Gasteiger charge is 2.30. The van der Waals surface area contributed by atoms with Crippen molar-refractivity contribution in [2.75, 3.05) is 13.2 Å². The van der Waals surface area contributed by atoms with Gasteiger partial charge in [0.2, 0.25) is 0 Å². The van der Waals surface area contributed by atoms with E-state index in [-0.39, 0.29) is 18.7 Å². The number of hydrogen-bond acceptors (Lipinski definition) is 5. The van der Waals surface area contributed by atoms with Crippen LogP contribution in [0.3, 0.4) is 0 Å². The second-order valence-corrected chi connectivity index (χ2v) is 5.90. The average molecular weight is 294 g/mol. The number of fused-ring (bicyclic) bond motifs is 1. The summed E-state index contributed by atoms with van der Waals surface area (Å²) in [6.45, 7) is 5.98. The lowest BCUT2D eigenvalue weighted by molar-refractivity contribution is 0.0338. The summed E-state index contributed by atoms with van der Waals surface area (Å²) < 4.78 is 16.7. The summed E-state index contributed by atoms with van der Waals surface area (Å²) in [5, 5.41) is 2.73. The Balaban J connectivity index is 1.98. The fraction of sp³-hybridized carbons (Fsp3) is 0.533. The largest absolute Gasteiger partial charge is 0.486 e. The molecule has 1 heterocycles. The SMILES string of the molecule is CC(C)(C)OC(=O)NC(CN)C1COc2ccccc2O1. The molecule has 1 amide bonds. The number of para-hydroxylation sites is 2. The molecule has 6 heteroatoms. The minimum absolute atomic E-state index is 0.232. The topological polar surface area (TPSA) is 82.8 Å². The van der Waals surface area contributed by atoms with Crippen molar-refractivity contribution >= 4 is 6.09 Å². The van der Waals surface area contributed by atoms with Crippen molar-refractivity contribution in [3.63, 3.8) is 0 Å². The maximum absolute atomic E-state index is 11.8. The predicted octanol–water partition coefficient (Wildman–Crippen LogP) is 1.68. The molecule has 1 aliphatic rings. The zero-order chi connectivity index (χ0) is 15.5. The quantitative estimate of drug-likeness (QED) is 0.886. The highest BCUT2D eigenvalue weighted by molar-refractivity contribution is 5.68. The molecular weight excluding hydrogens is 272 g/mol. The number of carbonyl (C=O) groups excluding carboxylic acids is 1. The van der Waals surface area contributed by atoms with E-state index >= 15 is 0 Å². The number of rotatable bonds is 3. The van der Waals surface area contributed by atoms with Gasteiger partial charge in [-0.25, -0.2) is 4.79 Å². The summed E-state index contributed by atoms with van der Waals surface area (Å²) >= 11 is 0. The van der Waals surface area contributed by atoms with Gasteiger partial charge in [-0.2, -0.15) is 0 Å². The molecule has 1 aromatic carbocycles. The lowest BCUT2D eigenvalue weighted by Gasteiger charge is -2.32. The summed E-state index contributed by atoms with van der Waals surface area (Å²) in [6, 6.07) is 7.02. The Labute approximate surface area is 124 Å². The van der Waals surface area contributed by atoms with Crippen molar-refractivity contribution in [2.24, 2.45) is 5.73 Å². The molecule has 0 radical (unpaired) electrons. The van der Waals surface area contributed by atoms with Gasteiger partial charge in [0.25, 0.3) is 0 Å². The Morgan fingerprint density at radius 2 is 2.10 bits per heavy atom. The summed E-state index contributed by atoms with van der Waals surface area (Å²) in [5.74, 6) is 1.35. The normalized spacial score (nSPS) is 18.8. The first-order chi connectivity index (χ1) is 9.89. The summed E-state index contributed by atoms with van der Waals surface area (Å²) in [5.41, 5.74) is 5.17. The van der Waals surface area contributed by atoms with Gasteiger partial charge in [-0.05, 0) is 32.9 Å². The molecular formula is C15H22N2O4. The molecule has 0 saturated heterocycles. The molecule has 1 aliphatic heterocycles. The molecule has 1 aromatic rings. The van der Waals surface area contributed by atoms with E-state index in [2.05, 4.69) is 5.32 Å². The van der Waals surface area contributed by atoms with Crippen molar-refractivity contribution in [3.8, 4) is 11.5 Å². The maximum Gasteiger partial charge on any atom is 0.408 e. The molecule has 2 unspecified atom stereocenters. The van der Waals surface area contributed by atoms with Crippen LogP contribution in [0.4, 0.5) is 4.79 Å². The van der Waals surface area contributed by atoms with Gasteiger partial charge < -0.3 is 25.3 Å². The zero-order valence-corrected chi connectivity index (χ0v) is 12.6. The smallest absolute Gasteiger partial charge is 0.408 e. The van der Waals surface area contributed by atoms with Gasteiger partial charge in [-0.15, -0.1) is 0 Å². The van der Waals surface area contributed by atoms with Crippen LogP contribution in [0.25, 0.3) is 0 Å². The van der Waals surface area contributed by atoms with E-state index in [1.165, 1.54) is 0 Å². The van der Waals surface area contributed by atoms with Crippen LogP contribution in [0.1, 0.15) is 20.8 Å². The lowest BCUT2D eigenvalue weighted by Crippen LogP contribution is -2.54. The number of ether oxygens (including phenoxy) is 3. The van der Waals surface area contributed by atoms with E-state index in [4.69, 9.17) is 19.9 Å². The Morgan fingerprint density at radius 3 is 2.71 bits per heavy atom. The Hall–Kier alpha value is -1.95. The third-order valence-corrected chi connectivity index (χ3v) is 2.94. The fourth-order valence-electron chi connectivity index (χ4n) is 2.00.